The Labute approximate surface area is 234 Å². The highest BCUT2D eigenvalue weighted by molar-refractivity contribution is 7.98. The Morgan fingerprint density at radius 1 is 1.12 bits per heavy atom. The number of hydrogen-bond donors (Lipinski definition) is 3. The van der Waals surface area contributed by atoms with Crippen molar-refractivity contribution in [3.8, 4) is 11.1 Å². The van der Waals surface area contributed by atoms with E-state index in [1.807, 2.05) is 36.4 Å². The topological polar surface area (TPSA) is 152 Å². The molecule has 10 nitrogen and oxygen atoms in total. The van der Waals surface area contributed by atoms with Gasteiger partial charge in [-0.25, -0.2) is 9.78 Å². The van der Waals surface area contributed by atoms with Crippen molar-refractivity contribution in [1.29, 1.82) is 5.41 Å². The standard InChI is InChI=1S/C29H29N5O5S/c1-3-39-27(36)13-18(2)34(29(37)38)22-6-4-5-20(14-22)21-9-12-25-24(15-21)32-16-26(35)33(25)17-40-23-10-7-19(8-11-23)28(30)31/h4-12,14-16,18H,3,13,17H2,1-2H3,(H3,30,31)(H,37,38). The number of nitrogens with two attached hydrogens (primary N) is 1. The van der Waals surface area contributed by atoms with Gasteiger partial charge in [-0.15, -0.1) is 11.8 Å². The van der Waals surface area contributed by atoms with E-state index in [2.05, 4.69) is 4.98 Å². The van der Waals surface area contributed by atoms with Gasteiger partial charge in [0.15, 0.2) is 0 Å². The molecule has 0 radical (unpaired) electrons. The number of anilines is 1. The second-order valence-corrected chi connectivity index (χ2v) is 10.0. The number of aromatic nitrogens is 2. The fraction of sp³-hybridized carbons (Fsp3) is 0.207. The van der Waals surface area contributed by atoms with Gasteiger partial charge in [-0.05, 0) is 61.4 Å². The molecule has 206 valence electrons. The maximum atomic E-state index is 12.7. The lowest BCUT2D eigenvalue weighted by Gasteiger charge is -2.26. The van der Waals surface area contributed by atoms with E-state index in [-0.39, 0.29) is 24.4 Å². The third kappa shape index (κ3) is 6.49. The van der Waals surface area contributed by atoms with Crippen molar-refractivity contribution in [2.45, 2.75) is 37.1 Å². The summed E-state index contributed by atoms with van der Waals surface area (Å²) in [5, 5.41) is 17.4. The molecule has 40 heavy (non-hydrogen) atoms. The van der Waals surface area contributed by atoms with Crippen molar-refractivity contribution >= 4 is 46.4 Å². The largest absolute Gasteiger partial charge is 0.466 e. The van der Waals surface area contributed by atoms with Crippen LogP contribution in [0, 0.1) is 5.41 Å². The second-order valence-electron chi connectivity index (χ2n) is 9.00. The van der Waals surface area contributed by atoms with Gasteiger partial charge in [0.1, 0.15) is 5.84 Å². The first kappa shape index (κ1) is 28.4. The van der Waals surface area contributed by atoms with Gasteiger partial charge in [0.05, 0.1) is 36.1 Å². The minimum atomic E-state index is -1.17. The molecule has 0 aliphatic rings. The van der Waals surface area contributed by atoms with Crippen LogP contribution in [-0.4, -0.2) is 45.2 Å². The molecule has 1 amide bonds. The van der Waals surface area contributed by atoms with E-state index in [4.69, 9.17) is 15.9 Å². The summed E-state index contributed by atoms with van der Waals surface area (Å²) in [5.41, 5.74) is 9.17. The molecule has 0 bridgehead atoms. The predicted octanol–water partition coefficient (Wildman–Crippen LogP) is 4.92. The Kier molecular flexibility index (Phi) is 8.85. The number of amides is 1. The number of fused-ring (bicyclic) bond motifs is 1. The Hall–Kier alpha value is -4.64. The van der Waals surface area contributed by atoms with E-state index in [0.29, 0.717) is 28.2 Å². The number of hydrogen-bond acceptors (Lipinski definition) is 7. The number of nitrogens with one attached hydrogen (secondary N) is 1. The molecular weight excluding hydrogens is 530 g/mol. The number of carboxylic acid groups (broad SMARTS) is 1. The lowest BCUT2D eigenvalue weighted by atomic mass is 10.0. The number of esters is 1. The SMILES string of the molecule is CCOC(=O)CC(C)N(C(=O)O)c1cccc(-c2ccc3c(c2)ncc(=O)n3CSc2ccc(C(=N)N)cc2)c1. The predicted molar refractivity (Wildman–Crippen MR) is 156 cm³/mol. The van der Waals surface area contributed by atoms with Crippen LogP contribution in [0.3, 0.4) is 0 Å². The Morgan fingerprint density at radius 3 is 2.52 bits per heavy atom. The molecule has 3 aromatic carbocycles. The number of nitrogen functional groups attached to an aromatic ring is 1. The molecule has 0 fully saturated rings. The highest BCUT2D eigenvalue weighted by Crippen LogP contribution is 2.29. The van der Waals surface area contributed by atoms with E-state index in [1.54, 1.807) is 48.7 Å². The Morgan fingerprint density at radius 2 is 1.85 bits per heavy atom. The van der Waals surface area contributed by atoms with E-state index >= 15 is 0 Å². The van der Waals surface area contributed by atoms with Crippen molar-refractivity contribution < 1.29 is 19.4 Å². The van der Waals surface area contributed by atoms with E-state index < -0.39 is 18.1 Å². The van der Waals surface area contributed by atoms with Crippen LogP contribution >= 0.6 is 11.8 Å². The number of amidine groups is 1. The summed E-state index contributed by atoms with van der Waals surface area (Å²) in [6.07, 6.45) is 0.0397. The monoisotopic (exact) mass is 559 g/mol. The molecule has 1 atom stereocenters. The average molecular weight is 560 g/mol. The summed E-state index contributed by atoms with van der Waals surface area (Å²) in [4.78, 5) is 43.1. The van der Waals surface area contributed by atoms with Crippen LogP contribution in [0.1, 0.15) is 25.8 Å². The van der Waals surface area contributed by atoms with Gasteiger partial charge in [0.25, 0.3) is 5.56 Å². The highest BCUT2D eigenvalue weighted by Gasteiger charge is 2.24. The molecule has 0 saturated heterocycles. The molecule has 4 N–H and O–H groups in total. The van der Waals surface area contributed by atoms with E-state index in [1.165, 1.54) is 18.0 Å². The van der Waals surface area contributed by atoms with Crippen LogP contribution in [0.5, 0.6) is 0 Å². The lowest BCUT2D eigenvalue weighted by Crippen LogP contribution is -2.39. The van der Waals surface area contributed by atoms with Gasteiger partial charge < -0.3 is 15.6 Å². The Balaban J connectivity index is 1.60. The molecule has 1 aromatic heterocycles. The molecule has 0 aliphatic heterocycles. The van der Waals surface area contributed by atoms with Crippen LogP contribution in [0.2, 0.25) is 0 Å². The quantitative estimate of drug-likeness (QED) is 0.107. The fourth-order valence-electron chi connectivity index (χ4n) is 4.29. The van der Waals surface area contributed by atoms with Gasteiger partial charge in [0.2, 0.25) is 0 Å². The summed E-state index contributed by atoms with van der Waals surface area (Å²) < 4.78 is 6.62. The minimum absolute atomic E-state index is 0.00362. The first-order valence-corrected chi connectivity index (χ1v) is 13.5. The number of thioether (sulfide) groups is 1. The van der Waals surface area contributed by atoms with Gasteiger partial charge in [-0.2, -0.15) is 0 Å². The van der Waals surface area contributed by atoms with Crippen molar-refractivity contribution in [3.05, 3.63) is 88.8 Å². The van der Waals surface area contributed by atoms with Gasteiger partial charge >= 0.3 is 12.1 Å². The van der Waals surface area contributed by atoms with Gasteiger partial charge in [-0.1, -0.05) is 30.3 Å². The third-order valence-electron chi connectivity index (χ3n) is 6.24. The molecule has 1 heterocycles. The first-order valence-electron chi connectivity index (χ1n) is 12.5. The van der Waals surface area contributed by atoms with Crippen LogP contribution in [0.25, 0.3) is 22.2 Å². The zero-order valence-electron chi connectivity index (χ0n) is 22.0. The normalized spacial score (nSPS) is 11.7. The molecule has 4 rings (SSSR count). The van der Waals surface area contributed by atoms with Crippen LogP contribution in [0.15, 0.2) is 82.6 Å². The summed E-state index contributed by atoms with van der Waals surface area (Å²) >= 11 is 1.47. The maximum Gasteiger partial charge on any atom is 0.412 e. The molecule has 4 aromatic rings. The van der Waals surface area contributed by atoms with E-state index in [0.717, 1.165) is 20.9 Å². The van der Waals surface area contributed by atoms with Crippen molar-refractivity contribution in [2.75, 3.05) is 11.5 Å². The average Bonchev–Trinajstić information content (AvgIpc) is 2.92. The van der Waals surface area contributed by atoms with Gasteiger partial charge in [-0.3, -0.25) is 24.5 Å². The smallest absolute Gasteiger partial charge is 0.412 e. The molecular formula is C29H29N5O5S. The minimum Gasteiger partial charge on any atom is -0.466 e. The van der Waals surface area contributed by atoms with Crippen LogP contribution < -0.4 is 16.2 Å². The summed E-state index contributed by atoms with van der Waals surface area (Å²) in [7, 11) is 0. The second kappa shape index (κ2) is 12.5. The van der Waals surface area contributed by atoms with Crippen LogP contribution in [0.4, 0.5) is 10.5 Å². The van der Waals surface area contributed by atoms with Gasteiger partial charge in [0, 0.05) is 22.2 Å². The molecule has 11 heteroatoms. The number of nitrogens with zero attached hydrogens (tertiary/aromatic N) is 3. The maximum absolute atomic E-state index is 12.7. The summed E-state index contributed by atoms with van der Waals surface area (Å²) in [6, 6.07) is 19.2. The molecule has 1 unspecified atom stereocenters. The fourth-order valence-corrected chi connectivity index (χ4v) is 5.16. The summed E-state index contributed by atoms with van der Waals surface area (Å²) in [5.74, 6) is -0.107. The number of carbonyl (C=O) groups excluding carboxylic acids is 1. The molecule has 0 saturated carbocycles. The highest BCUT2D eigenvalue weighted by atomic mass is 32.2. The van der Waals surface area contributed by atoms with Crippen molar-refractivity contribution in [2.24, 2.45) is 5.73 Å². The van der Waals surface area contributed by atoms with Crippen LogP contribution in [-0.2, 0) is 15.4 Å². The number of carbonyl (C=O) groups is 2. The van der Waals surface area contributed by atoms with Crippen molar-refractivity contribution in [3.63, 3.8) is 0 Å². The zero-order valence-corrected chi connectivity index (χ0v) is 22.9. The molecule has 0 aliphatic carbocycles. The molecule has 0 spiro atoms. The summed E-state index contributed by atoms with van der Waals surface area (Å²) in [6.45, 7) is 3.59. The number of benzene rings is 3. The number of rotatable bonds is 10. The third-order valence-corrected chi connectivity index (χ3v) is 7.24. The van der Waals surface area contributed by atoms with Crippen molar-refractivity contribution in [1.82, 2.24) is 9.55 Å². The number of ether oxygens (including phenoxy) is 1. The zero-order chi connectivity index (χ0) is 28.8. The first-order chi connectivity index (χ1) is 19.2. The van der Waals surface area contributed by atoms with E-state index in [9.17, 15) is 19.5 Å². The lowest BCUT2D eigenvalue weighted by molar-refractivity contribution is -0.143. The Bertz CT molecular complexity index is 1620.